The van der Waals surface area contributed by atoms with Crippen LogP contribution in [0.5, 0.6) is 0 Å². The number of rotatable bonds is 4. The monoisotopic (exact) mass is 376 g/mol. The van der Waals surface area contributed by atoms with Crippen molar-refractivity contribution in [2.24, 2.45) is 10.7 Å². The maximum atomic E-state index is 10.3. The maximum absolute atomic E-state index is 10.3. The van der Waals surface area contributed by atoms with E-state index < -0.39 is 5.60 Å². The van der Waals surface area contributed by atoms with E-state index in [0.717, 1.165) is 46.5 Å². The highest BCUT2D eigenvalue weighted by Crippen LogP contribution is 2.28. The summed E-state index contributed by atoms with van der Waals surface area (Å²) < 4.78 is 1.90. The Morgan fingerprint density at radius 2 is 2.18 bits per heavy atom. The smallest absolute Gasteiger partial charge is 0.130 e. The Bertz CT molecular complexity index is 1070. The summed E-state index contributed by atoms with van der Waals surface area (Å²) in [6.07, 6.45) is 7.66. The highest BCUT2D eigenvalue weighted by molar-refractivity contribution is 6.10. The lowest BCUT2D eigenvalue weighted by atomic mass is 10.1. The van der Waals surface area contributed by atoms with Gasteiger partial charge in [0.05, 0.1) is 23.0 Å². The second-order valence-electron chi connectivity index (χ2n) is 7.38. The number of β-amino-alcohol motifs (C(OH)–C–C–N with tert-alkyl or cyclic N) is 1. The first-order valence-electron chi connectivity index (χ1n) is 9.27. The van der Waals surface area contributed by atoms with Crippen molar-refractivity contribution in [3.63, 3.8) is 0 Å². The second-order valence-corrected chi connectivity index (χ2v) is 7.38. The van der Waals surface area contributed by atoms with Crippen LogP contribution in [0.1, 0.15) is 18.9 Å². The number of anilines is 1. The van der Waals surface area contributed by atoms with E-state index in [1.54, 1.807) is 25.7 Å². The van der Waals surface area contributed by atoms with Gasteiger partial charge in [0.15, 0.2) is 0 Å². The fourth-order valence-corrected chi connectivity index (χ4v) is 3.61. The average Bonchev–Trinajstić information content (AvgIpc) is 3.28. The Kier molecular flexibility index (Phi) is 4.60. The molecule has 0 aliphatic carbocycles. The number of pyridine rings is 1. The number of aliphatic hydroxyl groups is 1. The molecule has 3 N–H and O–H groups in total. The van der Waals surface area contributed by atoms with Gasteiger partial charge in [0, 0.05) is 55.8 Å². The molecule has 28 heavy (non-hydrogen) atoms. The number of fused-ring (bicyclic) bond motifs is 1. The third kappa shape index (κ3) is 3.36. The molecule has 3 aromatic rings. The van der Waals surface area contributed by atoms with E-state index in [4.69, 9.17) is 5.73 Å². The number of benzene rings is 1. The van der Waals surface area contributed by atoms with Crippen molar-refractivity contribution in [2.45, 2.75) is 18.9 Å². The minimum absolute atomic E-state index is 0.578. The Labute approximate surface area is 163 Å². The highest BCUT2D eigenvalue weighted by Gasteiger charge is 2.32. The summed E-state index contributed by atoms with van der Waals surface area (Å²) in [4.78, 5) is 10.7. The Morgan fingerprint density at radius 1 is 1.32 bits per heavy atom. The molecule has 1 aliphatic rings. The molecule has 7 heteroatoms. The third-order valence-corrected chi connectivity index (χ3v) is 5.10. The molecule has 0 saturated carbocycles. The van der Waals surface area contributed by atoms with Crippen LogP contribution in [0, 0.1) is 0 Å². The summed E-state index contributed by atoms with van der Waals surface area (Å²) in [6.45, 7) is 3.23. The van der Waals surface area contributed by atoms with E-state index in [-0.39, 0.29) is 0 Å². The fraction of sp³-hybridized carbons (Fsp3) is 0.286. The molecule has 144 valence electrons. The molecule has 2 aromatic heterocycles. The first-order chi connectivity index (χ1) is 13.5. The standard InChI is InChI=1S/C21H24N6O/c1-21(28)6-8-26(14-21)20-10-18(5-7-24-20)27-19-9-15(17(11-22)12-23-2)3-4-16(19)13-25-27/h3-5,7,9-13,28H,6,8,14,22H2,1-2H3/b17-11+,23-12?. The normalized spacial score (nSPS) is 20.5. The van der Waals surface area contributed by atoms with E-state index in [1.807, 2.05) is 42.1 Å². The lowest BCUT2D eigenvalue weighted by Crippen LogP contribution is -2.30. The Balaban J connectivity index is 1.74. The van der Waals surface area contributed by atoms with Crippen LogP contribution in [-0.4, -0.2) is 51.8 Å². The van der Waals surface area contributed by atoms with Gasteiger partial charge in [-0.3, -0.25) is 4.99 Å². The molecule has 0 radical (unpaired) electrons. The van der Waals surface area contributed by atoms with Crippen molar-refractivity contribution in [1.82, 2.24) is 14.8 Å². The number of hydrogen-bond acceptors (Lipinski definition) is 6. The van der Waals surface area contributed by atoms with Gasteiger partial charge in [-0.05, 0) is 31.0 Å². The summed E-state index contributed by atoms with van der Waals surface area (Å²) in [6, 6.07) is 10.0. The largest absolute Gasteiger partial charge is 0.404 e. The minimum atomic E-state index is -0.670. The molecule has 0 spiro atoms. The zero-order valence-electron chi connectivity index (χ0n) is 16.1. The Morgan fingerprint density at radius 3 is 2.89 bits per heavy atom. The number of aliphatic imine (C=N–C) groups is 1. The van der Waals surface area contributed by atoms with Crippen LogP contribution >= 0.6 is 0 Å². The maximum Gasteiger partial charge on any atom is 0.130 e. The van der Waals surface area contributed by atoms with Crippen molar-refractivity contribution in [3.8, 4) is 5.69 Å². The van der Waals surface area contributed by atoms with Crippen LogP contribution in [-0.2, 0) is 0 Å². The van der Waals surface area contributed by atoms with Crippen LogP contribution in [0.15, 0.2) is 53.9 Å². The number of nitrogens with two attached hydrogens (primary N) is 1. The predicted octanol–water partition coefficient (Wildman–Crippen LogP) is 2.38. The molecule has 1 aliphatic heterocycles. The summed E-state index contributed by atoms with van der Waals surface area (Å²) >= 11 is 0. The predicted molar refractivity (Wildman–Crippen MR) is 113 cm³/mol. The first kappa shape index (κ1) is 18.2. The molecular formula is C21H24N6O. The van der Waals surface area contributed by atoms with Gasteiger partial charge in [0.2, 0.25) is 0 Å². The van der Waals surface area contributed by atoms with Gasteiger partial charge in [0.1, 0.15) is 5.82 Å². The van der Waals surface area contributed by atoms with Crippen LogP contribution < -0.4 is 10.6 Å². The fourth-order valence-electron chi connectivity index (χ4n) is 3.61. The third-order valence-electron chi connectivity index (χ3n) is 5.10. The molecule has 0 bridgehead atoms. The van der Waals surface area contributed by atoms with Gasteiger partial charge in [-0.15, -0.1) is 0 Å². The van der Waals surface area contributed by atoms with Crippen molar-refractivity contribution < 1.29 is 5.11 Å². The number of allylic oxidation sites excluding steroid dienone is 1. The molecule has 1 unspecified atom stereocenters. The number of aromatic nitrogens is 3. The lowest BCUT2D eigenvalue weighted by molar-refractivity contribution is 0.0839. The zero-order chi connectivity index (χ0) is 19.7. The summed E-state index contributed by atoms with van der Waals surface area (Å²) in [5.41, 5.74) is 8.82. The van der Waals surface area contributed by atoms with Crippen LogP contribution in [0.3, 0.4) is 0 Å². The van der Waals surface area contributed by atoms with Crippen LogP contribution in [0.25, 0.3) is 22.2 Å². The molecule has 7 nitrogen and oxygen atoms in total. The van der Waals surface area contributed by atoms with Gasteiger partial charge in [-0.2, -0.15) is 5.10 Å². The molecule has 1 saturated heterocycles. The first-order valence-corrected chi connectivity index (χ1v) is 9.27. The second kappa shape index (κ2) is 7.09. The van der Waals surface area contributed by atoms with Crippen molar-refractivity contribution >= 4 is 28.5 Å². The van der Waals surface area contributed by atoms with E-state index in [9.17, 15) is 5.11 Å². The molecular weight excluding hydrogens is 352 g/mol. The van der Waals surface area contributed by atoms with E-state index in [1.165, 1.54) is 0 Å². The summed E-state index contributed by atoms with van der Waals surface area (Å²) in [7, 11) is 1.72. The van der Waals surface area contributed by atoms with E-state index >= 15 is 0 Å². The molecule has 1 atom stereocenters. The number of hydrogen-bond donors (Lipinski definition) is 2. The van der Waals surface area contributed by atoms with Crippen molar-refractivity contribution in [3.05, 3.63) is 54.5 Å². The number of nitrogens with zero attached hydrogens (tertiary/aromatic N) is 5. The molecule has 0 amide bonds. The van der Waals surface area contributed by atoms with Gasteiger partial charge >= 0.3 is 0 Å². The molecule has 1 fully saturated rings. The SMILES string of the molecule is CN=C/C(=C\N)c1ccc2cnn(-c3ccnc(N4CCC(C)(O)C4)c3)c2c1. The quantitative estimate of drug-likeness (QED) is 0.682. The van der Waals surface area contributed by atoms with Crippen LogP contribution in [0.4, 0.5) is 5.82 Å². The minimum Gasteiger partial charge on any atom is -0.404 e. The van der Waals surface area contributed by atoms with Crippen molar-refractivity contribution in [1.29, 1.82) is 0 Å². The molecule has 3 heterocycles. The molecule has 1 aromatic carbocycles. The summed E-state index contributed by atoms with van der Waals surface area (Å²) in [5, 5.41) is 15.9. The Hall–Kier alpha value is -3.19. The van der Waals surface area contributed by atoms with Gasteiger partial charge in [-0.1, -0.05) is 12.1 Å². The highest BCUT2D eigenvalue weighted by atomic mass is 16.3. The van der Waals surface area contributed by atoms with E-state index in [2.05, 4.69) is 26.0 Å². The molecule has 4 rings (SSSR count). The average molecular weight is 376 g/mol. The lowest BCUT2D eigenvalue weighted by Gasteiger charge is -2.20. The van der Waals surface area contributed by atoms with Gasteiger partial charge in [-0.25, -0.2) is 9.67 Å². The van der Waals surface area contributed by atoms with Gasteiger partial charge in [0.25, 0.3) is 0 Å². The van der Waals surface area contributed by atoms with Crippen LogP contribution in [0.2, 0.25) is 0 Å². The van der Waals surface area contributed by atoms with Crippen molar-refractivity contribution in [2.75, 3.05) is 25.0 Å². The summed E-state index contributed by atoms with van der Waals surface area (Å²) in [5.74, 6) is 0.843. The zero-order valence-corrected chi connectivity index (χ0v) is 16.1. The van der Waals surface area contributed by atoms with E-state index in [0.29, 0.717) is 6.54 Å². The topological polar surface area (TPSA) is 92.6 Å². The van der Waals surface area contributed by atoms with Gasteiger partial charge < -0.3 is 15.7 Å².